The van der Waals surface area contributed by atoms with E-state index in [2.05, 4.69) is 52.5 Å². The van der Waals surface area contributed by atoms with E-state index in [0.29, 0.717) is 5.75 Å². The molecule has 4 rings (SSSR count). The number of nitrogens with one attached hydrogen (secondary N) is 1. The van der Waals surface area contributed by atoms with E-state index in [1.807, 2.05) is 23.9 Å². The van der Waals surface area contributed by atoms with Crippen LogP contribution in [0.1, 0.15) is 17.5 Å². The molecule has 3 aromatic rings. The van der Waals surface area contributed by atoms with Crippen LogP contribution in [0.5, 0.6) is 5.75 Å². The van der Waals surface area contributed by atoms with Gasteiger partial charge in [-0.25, -0.2) is 0 Å². The van der Waals surface area contributed by atoms with E-state index < -0.39 is 0 Å². The molecular formula is C22H24N2OS. The second-order valence-electron chi connectivity index (χ2n) is 6.74. The molecule has 0 atom stereocenters. The lowest BCUT2D eigenvalue weighted by Gasteiger charge is -2.26. The van der Waals surface area contributed by atoms with Gasteiger partial charge in [0, 0.05) is 48.2 Å². The highest BCUT2D eigenvalue weighted by Gasteiger charge is 2.13. The van der Waals surface area contributed by atoms with Crippen molar-refractivity contribution in [2.24, 2.45) is 0 Å². The maximum Gasteiger partial charge on any atom is 0.116 e. The fraction of sp³-hybridized carbons (Fsp3) is 0.273. The highest BCUT2D eigenvalue weighted by molar-refractivity contribution is 7.98. The SMILES string of the molecule is Oc1cccc(C2=CCN(CCSCc3c[nH]c4ccccc34)CC2)c1. The molecule has 3 nitrogen and oxygen atoms in total. The predicted molar refractivity (Wildman–Crippen MR) is 112 cm³/mol. The van der Waals surface area contributed by atoms with Crippen molar-refractivity contribution in [1.82, 2.24) is 9.88 Å². The van der Waals surface area contributed by atoms with Gasteiger partial charge in [0.05, 0.1) is 0 Å². The number of phenols is 1. The summed E-state index contributed by atoms with van der Waals surface area (Å²) in [5.74, 6) is 2.55. The van der Waals surface area contributed by atoms with Crippen LogP contribution in [-0.4, -0.2) is 40.4 Å². The van der Waals surface area contributed by atoms with E-state index in [0.717, 1.165) is 43.1 Å². The van der Waals surface area contributed by atoms with Gasteiger partial charge in [0.25, 0.3) is 0 Å². The zero-order valence-electron chi connectivity index (χ0n) is 14.8. The summed E-state index contributed by atoms with van der Waals surface area (Å²) in [5.41, 5.74) is 5.13. The lowest BCUT2D eigenvalue weighted by atomic mass is 9.99. The standard InChI is InChI=1S/C22H24N2OS/c25-20-5-3-4-18(14-20)17-8-10-24(11-9-17)12-13-26-16-19-15-23-22-7-2-1-6-21(19)22/h1-8,14-15,23,25H,9-13,16H2. The number of aromatic amines is 1. The molecule has 0 amide bonds. The summed E-state index contributed by atoms with van der Waals surface area (Å²) in [5, 5.41) is 11.0. The van der Waals surface area contributed by atoms with Gasteiger partial charge in [-0.2, -0.15) is 11.8 Å². The monoisotopic (exact) mass is 364 g/mol. The number of hydrogen-bond acceptors (Lipinski definition) is 3. The number of rotatable bonds is 6. The van der Waals surface area contributed by atoms with Gasteiger partial charge < -0.3 is 10.1 Å². The van der Waals surface area contributed by atoms with Crippen molar-refractivity contribution in [3.63, 3.8) is 0 Å². The molecule has 2 aromatic carbocycles. The van der Waals surface area contributed by atoms with E-state index in [4.69, 9.17) is 0 Å². The normalized spacial score (nSPS) is 15.3. The average Bonchev–Trinajstić information content (AvgIpc) is 3.09. The van der Waals surface area contributed by atoms with Crippen LogP contribution in [0.2, 0.25) is 0 Å². The maximum atomic E-state index is 9.64. The lowest BCUT2D eigenvalue weighted by Crippen LogP contribution is -2.30. The number of nitrogens with zero attached hydrogens (tertiary/aromatic N) is 1. The summed E-state index contributed by atoms with van der Waals surface area (Å²) in [6.07, 6.45) is 5.50. The Morgan fingerprint density at radius 1 is 1.12 bits per heavy atom. The van der Waals surface area contributed by atoms with Crippen molar-refractivity contribution in [1.29, 1.82) is 0 Å². The van der Waals surface area contributed by atoms with Crippen LogP contribution in [0.15, 0.2) is 60.8 Å². The predicted octanol–water partition coefficient (Wildman–Crippen LogP) is 4.90. The van der Waals surface area contributed by atoms with Crippen molar-refractivity contribution >= 4 is 28.2 Å². The van der Waals surface area contributed by atoms with Crippen LogP contribution in [0.3, 0.4) is 0 Å². The largest absolute Gasteiger partial charge is 0.508 e. The highest BCUT2D eigenvalue weighted by atomic mass is 32.2. The Hall–Kier alpha value is -2.17. The zero-order valence-corrected chi connectivity index (χ0v) is 15.6. The molecular weight excluding hydrogens is 340 g/mol. The number of benzene rings is 2. The first-order valence-corrected chi connectivity index (χ1v) is 10.3. The van der Waals surface area contributed by atoms with Gasteiger partial charge in [0.1, 0.15) is 5.75 Å². The van der Waals surface area contributed by atoms with E-state index >= 15 is 0 Å². The topological polar surface area (TPSA) is 39.3 Å². The van der Waals surface area contributed by atoms with Gasteiger partial charge in [-0.15, -0.1) is 0 Å². The number of hydrogen-bond donors (Lipinski definition) is 2. The Kier molecular flexibility index (Phi) is 5.32. The van der Waals surface area contributed by atoms with Crippen molar-refractivity contribution in [2.45, 2.75) is 12.2 Å². The summed E-state index contributed by atoms with van der Waals surface area (Å²) in [6, 6.07) is 16.1. The molecule has 0 saturated carbocycles. The fourth-order valence-corrected chi connectivity index (χ4v) is 4.50. The Morgan fingerprint density at radius 2 is 2.04 bits per heavy atom. The molecule has 0 fully saturated rings. The molecule has 4 heteroatoms. The molecule has 26 heavy (non-hydrogen) atoms. The van der Waals surface area contributed by atoms with Crippen molar-refractivity contribution in [2.75, 3.05) is 25.4 Å². The van der Waals surface area contributed by atoms with Crippen LogP contribution in [0, 0.1) is 0 Å². The van der Waals surface area contributed by atoms with E-state index in [1.54, 1.807) is 6.07 Å². The minimum absolute atomic E-state index is 0.347. The molecule has 134 valence electrons. The number of thioether (sulfide) groups is 1. The molecule has 1 aromatic heterocycles. The first kappa shape index (κ1) is 17.3. The van der Waals surface area contributed by atoms with Crippen LogP contribution in [0.25, 0.3) is 16.5 Å². The minimum atomic E-state index is 0.347. The van der Waals surface area contributed by atoms with Crippen molar-refractivity contribution < 1.29 is 5.11 Å². The first-order chi connectivity index (χ1) is 12.8. The summed E-state index contributed by atoms with van der Waals surface area (Å²) < 4.78 is 0. The summed E-state index contributed by atoms with van der Waals surface area (Å²) in [7, 11) is 0. The summed E-state index contributed by atoms with van der Waals surface area (Å²) >= 11 is 2.00. The van der Waals surface area contributed by atoms with E-state index in [1.165, 1.54) is 22.0 Å². The average molecular weight is 365 g/mol. The molecule has 1 aliphatic heterocycles. The Balaban J connectivity index is 1.25. The van der Waals surface area contributed by atoms with Gasteiger partial charge in [-0.05, 0) is 41.3 Å². The van der Waals surface area contributed by atoms with Gasteiger partial charge in [0.15, 0.2) is 0 Å². The number of aromatic hydroxyl groups is 1. The molecule has 0 saturated heterocycles. The second-order valence-corrected chi connectivity index (χ2v) is 7.85. The smallest absolute Gasteiger partial charge is 0.116 e. The quantitative estimate of drug-likeness (QED) is 0.611. The van der Waals surface area contributed by atoms with Crippen LogP contribution < -0.4 is 0 Å². The van der Waals surface area contributed by atoms with Gasteiger partial charge in [-0.3, -0.25) is 4.90 Å². The number of phenolic OH excluding ortho intramolecular Hbond substituents is 1. The molecule has 1 aliphatic rings. The number of H-pyrrole nitrogens is 1. The van der Waals surface area contributed by atoms with Gasteiger partial charge in [0.2, 0.25) is 0 Å². The van der Waals surface area contributed by atoms with E-state index in [-0.39, 0.29) is 0 Å². The van der Waals surface area contributed by atoms with E-state index in [9.17, 15) is 5.11 Å². The number of fused-ring (bicyclic) bond motifs is 1. The summed E-state index contributed by atoms with van der Waals surface area (Å²) in [4.78, 5) is 5.86. The number of para-hydroxylation sites is 1. The fourth-order valence-electron chi connectivity index (χ4n) is 3.51. The van der Waals surface area contributed by atoms with Crippen LogP contribution in [0.4, 0.5) is 0 Å². The summed E-state index contributed by atoms with van der Waals surface area (Å²) in [6.45, 7) is 3.21. The Labute approximate surface area is 158 Å². The molecule has 0 radical (unpaired) electrons. The maximum absolute atomic E-state index is 9.64. The number of aromatic nitrogens is 1. The molecule has 0 bridgehead atoms. The highest BCUT2D eigenvalue weighted by Crippen LogP contribution is 2.26. The van der Waals surface area contributed by atoms with Crippen molar-refractivity contribution in [3.8, 4) is 5.75 Å². The van der Waals surface area contributed by atoms with Gasteiger partial charge in [-0.1, -0.05) is 36.4 Å². The first-order valence-electron chi connectivity index (χ1n) is 9.13. The lowest BCUT2D eigenvalue weighted by molar-refractivity contribution is 0.321. The third kappa shape index (κ3) is 3.97. The Morgan fingerprint density at radius 3 is 2.88 bits per heavy atom. The molecule has 0 aliphatic carbocycles. The third-order valence-corrected chi connectivity index (χ3v) is 5.98. The Bertz CT molecular complexity index is 915. The molecule has 2 N–H and O–H groups in total. The zero-order chi connectivity index (χ0) is 17.8. The van der Waals surface area contributed by atoms with Gasteiger partial charge >= 0.3 is 0 Å². The molecule has 0 unspecified atom stereocenters. The third-order valence-electron chi connectivity index (χ3n) is 4.99. The minimum Gasteiger partial charge on any atom is -0.508 e. The molecule has 0 spiro atoms. The molecule has 2 heterocycles. The van der Waals surface area contributed by atoms with Crippen LogP contribution in [-0.2, 0) is 5.75 Å². The second kappa shape index (κ2) is 8.02. The van der Waals surface area contributed by atoms with Crippen LogP contribution >= 0.6 is 11.8 Å². The van der Waals surface area contributed by atoms with Crippen molar-refractivity contribution in [3.05, 3.63) is 71.9 Å².